The predicted molar refractivity (Wildman–Crippen MR) is 54.6 cm³/mol. The van der Waals surface area contributed by atoms with Crippen LogP contribution in [0.2, 0.25) is 0 Å². The second-order valence-corrected chi connectivity index (χ2v) is 3.59. The fourth-order valence-corrected chi connectivity index (χ4v) is 1.79. The van der Waals surface area contributed by atoms with Crippen molar-refractivity contribution in [2.24, 2.45) is 0 Å². The summed E-state index contributed by atoms with van der Waals surface area (Å²) in [5, 5.41) is 11.9. The molecule has 0 saturated heterocycles. The number of aryl methyl sites for hydroxylation is 1. The van der Waals surface area contributed by atoms with Gasteiger partial charge < -0.3 is 10.4 Å². The summed E-state index contributed by atoms with van der Waals surface area (Å²) >= 11 is 0. The zero-order chi connectivity index (χ0) is 9.97. The van der Waals surface area contributed by atoms with Gasteiger partial charge in [0.25, 0.3) is 0 Å². The number of anilines is 1. The Bertz CT molecular complexity index is 360. The van der Waals surface area contributed by atoms with Gasteiger partial charge in [0, 0.05) is 12.2 Å². The molecule has 0 atom stereocenters. The van der Waals surface area contributed by atoms with Crippen molar-refractivity contribution in [1.29, 1.82) is 0 Å². The van der Waals surface area contributed by atoms with Crippen LogP contribution in [0.4, 0.5) is 5.69 Å². The first-order chi connectivity index (χ1) is 6.75. The Kier molecular flexibility index (Phi) is 2.39. The highest BCUT2D eigenvalue weighted by molar-refractivity contribution is 5.71. The van der Waals surface area contributed by atoms with E-state index >= 15 is 0 Å². The lowest BCUT2D eigenvalue weighted by molar-refractivity contribution is -0.136. The fraction of sp³-hybridized carbons (Fsp3) is 0.364. The van der Waals surface area contributed by atoms with Gasteiger partial charge in [-0.3, -0.25) is 4.79 Å². The van der Waals surface area contributed by atoms with Crippen LogP contribution in [0.25, 0.3) is 0 Å². The quantitative estimate of drug-likeness (QED) is 0.747. The number of nitrogens with one attached hydrogen (secondary N) is 1. The van der Waals surface area contributed by atoms with E-state index in [4.69, 9.17) is 5.11 Å². The van der Waals surface area contributed by atoms with Crippen LogP contribution < -0.4 is 5.32 Å². The fourth-order valence-electron chi connectivity index (χ4n) is 1.79. The monoisotopic (exact) mass is 191 g/mol. The Balaban J connectivity index is 2.24. The van der Waals surface area contributed by atoms with Crippen molar-refractivity contribution in [3.05, 3.63) is 29.3 Å². The summed E-state index contributed by atoms with van der Waals surface area (Å²) in [6.45, 7) is 0.990. The third kappa shape index (κ3) is 1.87. The van der Waals surface area contributed by atoms with Crippen molar-refractivity contribution in [2.75, 3.05) is 11.9 Å². The first kappa shape index (κ1) is 9.06. The highest BCUT2D eigenvalue weighted by atomic mass is 16.4. The van der Waals surface area contributed by atoms with E-state index < -0.39 is 5.97 Å². The summed E-state index contributed by atoms with van der Waals surface area (Å²) < 4.78 is 0. The normalized spacial score (nSPS) is 14.3. The molecular weight excluding hydrogens is 178 g/mol. The van der Waals surface area contributed by atoms with Gasteiger partial charge in [0.2, 0.25) is 0 Å². The molecule has 1 aliphatic heterocycles. The first-order valence-electron chi connectivity index (χ1n) is 4.83. The van der Waals surface area contributed by atoms with Crippen LogP contribution in [0.15, 0.2) is 18.2 Å². The zero-order valence-electron chi connectivity index (χ0n) is 7.92. The number of carbonyl (C=O) groups is 1. The number of aliphatic carboxylic acids is 1. The van der Waals surface area contributed by atoms with Crippen LogP contribution in [-0.4, -0.2) is 17.6 Å². The smallest absolute Gasteiger partial charge is 0.307 e. The lowest BCUT2D eigenvalue weighted by atomic mass is 10.0. The van der Waals surface area contributed by atoms with Gasteiger partial charge in [-0.25, -0.2) is 0 Å². The summed E-state index contributed by atoms with van der Waals surface area (Å²) in [6, 6.07) is 5.88. The largest absolute Gasteiger partial charge is 0.481 e. The minimum Gasteiger partial charge on any atom is -0.481 e. The number of carboxylic acids is 1. The molecule has 0 amide bonds. The number of fused-ring (bicyclic) bond motifs is 1. The molecule has 14 heavy (non-hydrogen) atoms. The van der Waals surface area contributed by atoms with Gasteiger partial charge in [-0.1, -0.05) is 12.1 Å². The third-order valence-electron chi connectivity index (χ3n) is 2.47. The van der Waals surface area contributed by atoms with Gasteiger partial charge >= 0.3 is 5.97 Å². The molecule has 3 heteroatoms. The van der Waals surface area contributed by atoms with E-state index in [1.165, 1.54) is 5.56 Å². The Hall–Kier alpha value is -1.51. The number of hydrogen-bond acceptors (Lipinski definition) is 2. The molecule has 2 rings (SSSR count). The summed E-state index contributed by atoms with van der Waals surface area (Å²) in [6.07, 6.45) is 2.36. The molecule has 0 unspecified atom stereocenters. The number of carboxylic acid groups (broad SMARTS) is 1. The maximum absolute atomic E-state index is 10.5. The molecule has 1 aromatic carbocycles. The molecule has 0 bridgehead atoms. The summed E-state index contributed by atoms with van der Waals surface area (Å²) in [4.78, 5) is 10.5. The lowest BCUT2D eigenvalue weighted by Gasteiger charge is -2.18. The molecule has 74 valence electrons. The Morgan fingerprint density at radius 1 is 1.50 bits per heavy atom. The second kappa shape index (κ2) is 3.70. The second-order valence-electron chi connectivity index (χ2n) is 3.59. The molecule has 0 aromatic heterocycles. The Labute approximate surface area is 82.8 Å². The molecule has 0 spiro atoms. The molecule has 0 aliphatic carbocycles. The SMILES string of the molecule is O=C(O)Cc1ccc2c(c1)NCCC2. The topological polar surface area (TPSA) is 49.3 Å². The minimum absolute atomic E-state index is 0.106. The highest BCUT2D eigenvalue weighted by Crippen LogP contribution is 2.23. The molecule has 1 aliphatic rings. The van der Waals surface area contributed by atoms with Gasteiger partial charge in [-0.2, -0.15) is 0 Å². The van der Waals surface area contributed by atoms with Crippen LogP contribution in [0.1, 0.15) is 17.5 Å². The molecule has 1 aromatic rings. The van der Waals surface area contributed by atoms with Gasteiger partial charge in [0.1, 0.15) is 0 Å². The molecule has 0 fully saturated rings. The van der Waals surface area contributed by atoms with Crippen molar-refractivity contribution < 1.29 is 9.90 Å². The first-order valence-corrected chi connectivity index (χ1v) is 4.83. The summed E-state index contributed by atoms with van der Waals surface area (Å²) in [5.41, 5.74) is 3.27. The predicted octanol–water partition coefficient (Wildman–Crippen LogP) is 1.67. The Morgan fingerprint density at radius 3 is 3.14 bits per heavy atom. The van der Waals surface area contributed by atoms with Crippen molar-refractivity contribution in [1.82, 2.24) is 0 Å². The summed E-state index contributed by atoms with van der Waals surface area (Å²) in [7, 11) is 0. The molecule has 2 N–H and O–H groups in total. The van der Waals surface area contributed by atoms with Crippen molar-refractivity contribution in [3.8, 4) is 0 Å². The summed E-state index contributed by atoms with van der Waals surface area (Å²) in [5.74, 6) is -0.777. The molecule has 0 saturated carbocycles. The molecule has 3 nitrogen and oxygen atoms in total. The number of benzene rings is 1. The highest BCUT2D eigenvalue weighted by Gasteiger charge is 2.09. The minimum atomic E-state index is -0.777. The lowest BCUT2D eigenvalue weighted by Crippen LogP contribution is -2.12. The van der Waals surface area contributed by atoms with E-state index in [1.54, 1.807) is 0 Å². The van der Waals surface area contributed by atoms with Gasteiger partial charge in [0.05, 0.1) is 6.42 Å². The maximum atomic E-state index is 10.5. The average molecular weight is 191 g/mol. The van der Waals surface area contributed by atoms with Crippen LogP contribution in [0.5, 0.6) is 0 Å². The van der Waals surface area contributed by atoms with E-state index in [9.17, 15) is 4.79 Å². The van der Waals surface area contributed by atoms with Crippen LogP contribution in [0, 0.1) is 0 Å². The van der Waals surface area contributed by atoms with E-state index in [2.05, 4.69) is 5.32 Å². The molecule has 1 heterocycles. The van der Waals surface area contributed by atoms with Crippen LogP contribution >= 0.6 is 0 Å². The van der Waals surface area contributed by atoms with Crippen LogP contribution in [0.3, 0.4) is 0 Å². The van der Waals surface area contributed by atoms with Crippen molar-refractivity contribution >= 4 is 11.7 Å². The molecule has 0 radical (unpaired) electrons. The number of rotatable bonds is 2. The van der Waals surface area contributed by atoms with E-state index in [0.717, 1.165) is 30.6 Å². The number of hydrogen-bond donors (Lipinski definition) is 2. The van der Waals surface area contributed by atoms with E-state index in [1.807, 2.05) is 18.2 Å². The third-order valence-corrected chi connectivity index (χ3v) is 2.47. The van der Waals surface area contributed by atoms with Crippen molar-refractivity contribution in [3.63, 3.8) is 0 Å². The van der Waals surface area contributed by atoms with Crippen LogP contribution in [-0.2, 0) is 17.6 Å². The Morgan fingerprint density at radius 2 is 2.36 bits per heavy atom. The standard InChI is InChI=1S/C11H13NO2/c13-11(14)7-8-3-4-9-2-1-5-12-10(9)6-8/h3-4,6,12H,1-2,5,7H2,(H,13,14). The van der Waals surface area contributed by atoms with Gasteiger partial charge in [-0.15, -0.1) is 0 Å². The zero-order valence-corrected chi connectivity index (χ0v) is 7.92. The van der Waals surface area contributed by atoms with Crippen molar-refractivity contribution in [2.45, 2.75) is 19.3 Å². The van der Waals surface area contributed by atoms with Gasteiger partial charge in [0.15, 0.2) is 0 Å². The van der Waals surface area contributed by atoms with E-state index in [-0.39, 0.29) is 6.42 Å². The maximum Gasteiger partial charge on any atom is 0.307 e. The average Bonchev–Trinajstić information content (AvgIpc) is 2.17. The van der Waals surface area contributed by atoms with E-state index in [0.29, 0.717) is 0 Å². The molecular formula is C11H13NO2. The van der Waals surface area contributed by atoms with Gasteiger partial charge in [-0.05, 0) is 30.0 Å².